The minimum absolute atomic E-state index is 0.301. The van der Waals surface area contributed by atoms with Crippen molar-refractivity contribution in [2.24, 2.45) is 0 Å². The molecule has 2 aromatic carbocycles. The van der Waals surface area contributed by atoms with Crippen LogP contribution in [0.3, 0.4) is 0 Å². The molecule has 0 saturated heterocycles. The number of rotatable bonds is 5. The molecule has 0 amide bonds. The molecular weight excluding hydrogens is 257 g/mol. The summed E-state index contributed by atoms with van der Waals surface area (Å²) in [6, 6.07) is 12.6. The van der Waals surface area contributed by atoms with Crippen LogP contribution in [-0.4, -0.2) is 11.1 Å². The molecule has 104 valence electrons. The molecule has 1 atom stereocenters. The maximum Gasteiger partial charge on any atom is 0.325 e. The van der Waals surface area contributed by atoms with E-state index in [1.54, 1.807) is 30.3 Å². The summed E-state index contributed by atoms with van der Waals surface area (Å²) in [5, 5.41) is 12.2. The van der Waals surface area contributed by atoms with Gasteiger partial charge in [0.25, 0.3) is 0 Å². The Morgan fingerprint density at radius 1 is 1.25 bits per heavy atom. The fourth-order valence-corrected chi connectivity index (χ4v) is 2.04. The first kappa shape index (κ1) is 14.2. The molecule has 0 spiro atoms. The lowest BCUT2D eigenvalue weighted by molar-refractivity contribution is -0.139. The fourth-order valence-electron chi connectivity index (χ4n) is 2.04. The van der Waals surface area contributed by atoms with Gasteiger partial charge in [-0.3, -0.25) is 10.1 Å². The van der Waals surface area contributed by atoms with E-state index in [9.17, 15) is 14.3 Å². The standard InChI is InChI=1S/C16H16FNO2/c1-11-7-8-14(17)9-13(11)10-18-15(16(19)20)12-5-3-2-4-6-12/h2-9,15,18H,10H2,1H3,(H,19,20). The van der Waals surface area contributed by atoms with Gasteiger partial charge in [-0.15, -0.1) is 0 Å². The van der Waals surface area contributed by atoms with E-state index in [2.05, 4.69) is 5.32 Å². The summed E-state index contributed by atoms with van der Waals surface area (Å²) in [5.41, 5.74) is 2.36. The Bertz CT molecular complexity index is 599. The molecule has 0 aromatic heterocycles. The van der Waals surface area contributed by atoms with Gasteiger partial charge in [-0.05, 0) is 35.7 Å². The van der Waals surface area contributed by atoms with Gasteiger partial charge in [-0.25, -0.2) is 4.39 Å². The Morgan fingerprint density at radius 3 is 2.60 bits per heavy atom. The van der Waals surface area contributed by atoms with Crippen molar-refractivity contribution in [2.75, 3.05) is 0 Å². The van der Waals surface area contributed by atoms with E-state index < -0.39 is 12.0 Å². The Hall–Kier alpha value is -2.20. The molecule has 0 radical (unpaired) electrons. The molecule has 3 nitrogen and oxygen atoms in total. The van der Waals surface area contributed by atoms with Crippen LogP contribution in [0.15, 0.2) is 48.5 Å². The molecule has 2 N–H and O–H groups in total. The molecule has 2 rings (SSSR count). The molecule has 0 heterocycles. The molecule has 1 unspecified atom stereocenters. The molecule has 0 saturated carbocycles. The van der Waals surface area contributed by atoms with E-state index >= 15 is 0 Å². The van der Waals surface area contributed by atoms with E-state index in [-0.39, 0.29) is 5.82 Å². The van der Waals surface area contributed by atoms with Gasteiger partial charge in [0.05, 0.1) is 0 Å². The van der Waals surface area contributed by atoms with Gasteiger partial charge in [0.15, 0.2) is 0 Å². The zero-order valence-corrected chi connectivity index (χ0v) is 11.1. The number of halogens is 1. The highest BCUT2D eigenvalue weighted by molar-refractivity contribution is 5.75. The van der Waals surface area contributed by atoms with Crippen molar-refractivity contribution in [1.29, 1.82) is 0 Å². The Labute approximate surface area is 117 Å². The summed E-state index contributed by atoms with van der Waals surface area (Å²) < 4.78 is 13.2. The van der Waals surface area contributed by atoms with Gasteiger partial charge in [0.1, 0.15) is 11.9 Å². The number of aliphatic carboxylic acids is 1. The van der Waals surface area contributed by atoms with Crippen LogP contribution < -0.4 is 5.32 Å². The number of hydrogen-bond donors (Lipinski definition) is 2. The van der Waals surface area contributed by atoms with Crippen LogP contribution in [0.4, 0.5) is 4.39 Å². The number of nitrogens with one attached hydrogen (secondary N) is 1. The number of carboxylic acid groups (broad SMARTS) is 1. The van der Waals surface area contributed by atoms with Crippen molar-refractivity contribution < 1.29 is 14.3 Å². The smallest absolute Gasteiger partial charge is 0.325 e. The van der Waals surface area contributed by atoms with Gasteiger partial charge in [0.2, 0.25) is 0 Å². The third-order valence-electron chi connectivity index (χ3n) is 3.19. The van der Waals surface area contributed by atoms with Crippen LogP contribution in [0.5, 0.6) is 0 Å². The first-order valence-electron chi connectivity index (χ1n) is 6.34. The number of aryl methyl sites for hydroxylation is 1. The topological polar surface area (TPSA) is 49.3 Å². The Kier molecular flexibility index (Phi) is 4.48. The summed E-state index contributed by atoms with van der Waals surface area (Å²) >= 11 is 0. The first-order chi connectivity index (χ1) is 9.58. The molecular formula is C16H16FNO2. The highest BCUT2D eigenvalue weighted by Gasteiger charge is 2.18. The highest BCUT2D eigenvalue weighted by atomic mass is 19.1. The molecule has 0 fully saturated rings. The lowest BCUT2D eigenvalue weighted by Gasteiger charge is -2.16. The van der Waals surface area contributed by atoms with E-state index in [1.165, 1.54) is 12.1 Å². The predicted molar refractivity (Wildman–Crippen MR) is 74.8 cm³/mol. The zero-order valence-electron chi connectivity index (χ0n) is 11.1. The second kappa shape index (κ2) is 6.30. The Balaban J connectivity index is 2.14. The number of carboxylic acids is 1. The molecule has 20 heavy (non-hydrogen) atoms. The largest absolute Gasteiger partial charge is 0.480 e. The minimum atomic E-state index is -0.953. The van der Waals surface area contributed by atoms with Gasteiger partial charge < -0.3 is 5.11 Å². The van der Waals surface area contributed by atoms with E-state index in [0.29, 0.717) is 12.1 Å². The molecule has 0 aliphatic heterocycles. The van der Waals surface area contributed by atoms with Gasteiger partial charge in [-0.1, -0.05) is 36.4 Å². The van der Waals surface area contributed by atoms with E-state index in [0.717, 1.165) is 11.1 Å². The lowest BCUT2D eigenvalue weighted by Crippen LogP contribution is -2.28. The van der Waals surface area contributed by atoms with Crippen molar-refractivity contribution >= 4 is 5.97 Å². The minimum Gasteiger partial charge on any atom is -0.480 e. The molecule has 4 heteroatoms. The predicted octanol–water partition coefficient (Wildman–Crippen LogP) is 3.05. The van der Waals surface area contributed by atoms with Crippen LogP contribution in [0.25, 0.3) is 0 Å². The summed E-state index contributed by atoms with van der Waals surface area (Å²) in [6.45, 7) is 2.17. The third-order valence-corrected chi connectivity index (χ3v) is 3.19. The molecule has 2 aromatic rings. The van der Waals surface area contributed by atoms with Gasteiger partial charge >= 0.3 is 5.97 Å². The van der Waals surface area contributed by atoms with E-state index in [4.69, 9.17) is 0 Å². The van der Waals surface area contributed by atoms with Crippen LogP contribution in [-0.2, 0) is 11.3 Å². The van der Waals surface area contributed by atoms with Crippen LogP contribution in [0.1, 0.15) is 22.7 Å². The Morgan fingerprint density at radius 2 is 1.95 bits per heavy atom. The molecule has 0 aliphatic rings. The molecule has 0 bridgehead atoms. The fraction of sp³-hybridized carbons (Fsp3) is 0.188. The van der Waals surface area contributed by atoms with Gasteiger partial charge in [-0.2, -0.15) is 0 Å². The SMILES string of the molecule is Cc1ccc(F)cc1CNC(C(=O)O)c1ccccc1. The maximum atomic E-state index is 13.2. The van der Waals surface area contributed by atoms with Crippen molar-refractivity contribution in [1.82, 2.24) is 5.32 Å². The second-order valence-electron chi connectivity index (χ2n) is 4.63. The summed E-state index contributed by atoms with van der Waals surface area (Å²) in [5.74, 6) is -1.27. The average molecular weight is 273 g/mol. The average Bonchev–Trinajstić information content (AvgIpc) is 2.43. The summed E-state index contributed by atoms with van der Waals surface area (Å²) in [4.78, 5) is 11.3. The number of carbonyl (C=O) groups is 1. The summed E-state index contributed by atoms with van der Waals surface area (Å²) in [7, 11) is 0. The lowest BCUT2D eigenvalue weighted by atomic mass is 10.1. The number of hydrogen-bond acceptors (Lipinski definition) is 2. The first-order valence-corrected chi connectivity index (χ1v) is 6.34. The summed E-state index contributed by atoms with van der Waals surface area (Å²) in [6.07, 6.45) is 0. The van der Waals surface area contributed by atoms with Crippen LogP contribution in [0.2, 0.25) is 0 Å². The maximum absolute atomic E-state index is 13.2. The van der Waals surface area contributed by atoms with Crippen LogP contribution in [0, 0.1) is 12.7 Å². The quantitative estimate of drug-likeness (QED) is 0.880. The van der Waals surface area contributed by atoms with E-state index in [1.807, 2.05) is 13.0 Å². The van der Waals surface area contributed by atoms with Crippen molar-refractivity contribution in [3.05, 3.63) is 71.0 Å². The van der Waals surface area contributed by atoms with Crippen LogP contribution >= 0.6 is 0 Å². The van der Waals surface area contributed by atoms with Crippen molar-refractivity contribution in [3.63, 3.8) is 0 Å². The second-order valence-corrected chi connectivity index (χ2v) is 4.63. The highest BCUT2D eigenvalue weighted by Crippen LogP contribution is 2.15. The third kappa shape index (κ3) is 3.42. The van der Waals surface area contributed by atoms with Gasteiger partial charge in [0, 0.05) is 6.54 Å². The van der Waals surface area contributed by atoms with Crippen molar-refractivity contribution in [2.45, 2.75) is 19.5 Å². The monoisotopic (exact) mass is 273 g/mol. The van der Waals surface area contributed by atoms with Crippen molar-refractivity contribution in [3.8, 4) is 0 Å². The number of benzene rings is 2. The zero-order chi connectivity index (χ0) is 14.5. The normalized spacial score (nSPS) is 12.1. The molecule has 0 aliphatic carbocycles.